The summed E-state index contributed by atoms with van der Waals surface area (Å²) in [5.41, 5.74) is 1.39. The Kier molecular flexibility index (Phi) is 4.42. The lowest BCUT2D eigenvalue weighted by molar-refractivity contribution is 0.144. The molecule has 0 aliphatic heterocycles. The number of fused-ring (bicyclic) bond motifs is 1. The first-order chi connectivity index (χ1) is 13.0. The summed E-state index contributed by atoms with van der Waals surface area (Å²) in [7, 11) is 1.74. The van der Waals surface area contributed by atoms with Crippen molar-refractivity contribution in [3.05, 3.63) is 63.6 Å². The van der Waals surface area contributed by atoms with Gasteiger partial charge in [0.25, 0.3) is 5.56 Å². The van der Waals surface area contributed by atoms with Gasteiger partial charge < -0.3 is 9.67 Å². The van der Waals surface area contributed by atoms with Crippen molar-refractivity contribution in [1.29, 1.82) is 0 Å². The Morgan fingerprint density at radius 3 is 2.81 bits per heavy atom. The highest BCUT2D eigenvalue weighted by Crippen LogP contribution is 2.17. The minimum atomic E-state index is -0.809. The van der Waals surface area contributed by atoms with Crippen LogP contribution in [-0.2, 0) is 20.1 Å². The van der Waals surface area contributed by atoms with Crippen LogP contribution in [0.25, 0.3) is 11.0 Å². The van der Waals surface area contributed by atoms with Crippen LogP contribution in [0.4, 0.5) is 0 Å². The van der Waals surface area contributed by atoms with E-state index in [1.807, 2.05) is 0 Å². The number of aliphatic hydroxyl groups is 1. The Labute approximate surface area is 157 Å². The van der Waals surface area contributed by atoms with Crippen molar-refractivity contribution in [2.75, 3.05) is 0 Å². The van der Waals surface area contributed by atoms with Crippen LogP contribution in [0.3, 0.4) is 0 Å². The summed E-state index contributed by atoms with van der Waals surface area (Å²) in [6.45, 7) is 0.189. The van der Waals surface area contributed by atoms with Crippen LogP contribution in [0.15, 0.2) is 41.6 Å². The Morgan fingerprint density at radius 1 is 1.26 bits per heavy atom. The number of tetrazole rings is 1. The number of nitrogens with zero attached hydrogens (tertiary/aromatic N) is 8. The predicted octanol–water partition coefficient (Wildman–Crippen LogP) is 0.552. The van der Waals surface area contributed by atoms with Crippen molar-refractivity contribution in [2.45, 2.75) is 19.2 Å². The van der Waals surface area contributed by atoms with Crippen LogP contribution in [0.5, 0.6) is 0 Å². The van der Waals surface area contributed by atoms with Crippen molar-refractivity contribution in [2.24, 2.45) is 7.05 Å². The van der Waals surface area contributed by atoms with Crippen molar-refractivity contribution in [1.82, 2.24) is 39.5 Å². The first-order valence-electron chi connectivity index (χ1n) is 8.08. The van der Waals surface area contributed by atoms with Crippen molar-refractivity contribution < 1.29 is 5.11 Å². The molecule has 0 saturated heterocycles. The average Bonchev–Trinajstić information content (AvgIpc) is 3.25. The second kappa shape index (κ2) is 6.89. The molecule has 4 aromatic rings. The SMILES string of the molecule is Cn1cnc2cnn(Cc3nnn(C[C@H](O)c4ccc(Cl)cc4)n3)c(=O)c21. The maximum Gasteiger partial charge on any atom is 0.293 e. The number of hydrogen-bond donors (Lipinski definition) is 1. The van der Waals surface area contributed by atoms with E-state index in [4.69, 9.17) is 11.6 Å². The van der Waals surface area contributed by atoms with Crippen LogP contribution < -0.4 is 5.56 Å². The molecule has 1 aromatic carbocycles. The molecular formula is C16H15ClN8O2. The topological polar surface area (TPSA) is 117 Å². The van der Waals surface area contributed by atoms with Crippen LogP contribution >= 0.6 is 11.6 Å². The minimum Gasteiger partial charge on any atom is -0.386 e. The van der Waals surface area contributed by atoms with Gasteiger partial charge in [-0.25, -0.2) is 9.67 Å². The molecule has 27 heavy (non-hydrogen) atoms. The van der Waals surface area contributed by atoms with Gasteiger partial charge in [0.1, 0.15) is 23.7 Å². The number of imidazole rings is 1. The maximum absolute atomic E-state index is 12.5. The number of halogens is 1. The molecular weight excluding hydrogens is 372 g/mol. The smallest absolute Gasteiger partial charge is 0.293 e. The van der Waals surface area contributed by atoms with E-state index in [1.165, 1.54) is 15.7 Å². The van der Waals surface area contributed by atoms with E-state index in [1.54, 1.807) is 42.2 Å². The molecule has 0 aliphatic carbocycles. The first-order valence-corrected chi connectivity index (χ1v) is 8.46. The molecule has 0 saturated carbocycles. The molecule has 3 aromatic heterocycles. The lowest BCUT2D eigenvalue weighted by Crippen LogP contribution is -2.25. The highest BCUT2D eigenvalue weighted by molar-refractivity contribution is 6.30. The molecule has 1 atom stereocenters. The average molecular weight is 387 g/mol. The van der Waals surface area contributed by atoms with E-state index in [-0.39, 0.29) is 18.6 Å². The molecule has 4 rings (SSSR count). The zero-order valence-electron chi connectivity index (χ0n) is 14.3. The molecule has 0 radical (unpaired) electrons. The van der Waals surface area contributed by atoms with Crippen LogP contribution in [0.1, 0.15) is 17.5 Å². The summed E-state index contributed by atoms with van der Waals surface area (Å²) >= 11 is 5.85. The number of aryl methyl sites for hydroxylation is 1. The fraction of sp³-hybridized carbons (Fsp3) is 0.250. The van der Waals surface area contributed by atoms with Crippen LogP contribution in [0.2, 0.25) is 5.02 Å². The van der Waals surface area contributed by atoms with Gasteiger partial charge in [0.15, 0.2) is 5.82 Å². The Morgan fingerprint density at radius 2 is 2.04 bits per heavy atom. The molecule has 1 N–H and O–H groups in total. The van der Waals surface area contributed by atoms with Gasteiger partial charge in [0, 0.05) is 12.1 Å². The summed E-state index contributed by atoms with van der Waals surface area (Å²) < 4.78 is 2.89. The molecule has 10 nitrogen and oxygen atoms in total. The molecule has 0 unspecified atom stereocenters. The van der Waals surface area contributed by atoms with Crippen molar-refractivity contribution in [3.63, 3.8) is 0 Å². The quantitative estimate of drug-likeness (QED) is 0.532. The largest absolute Gasteiger partial charge is 0.386 e. The fourth-order valence-electron chi connectivity index (χ4n) is 2.71. The van der Waals surface area contributed by atoms with Gasteiger partial charge >= 0.3 is 0 Å². The number of aliphatic hydroxyl groups excluding tert-OH is 1. The second-order valence-electron chi connectivity index (χ2n) is 6.02. The number of benzene rings is 1. The fourth-order valence-corrected chi connectivity index (χ4v) is 2.84. The van der Waals surface area contributed by atoms with E-state index in [9.17, 15) is 9.90 Å². The van der Waals surface area contributed by atoms with Gasteiger partial charge in [-0.15, -0.1) is 10.2 Å². The van der Waals surface area contributed by atoms with Crippen molar-refractivity contribution >= 4 is 22.6 Å². The third kappa shape index (κ3) is 3.44. The molecule has 0 amide bonds. The predicted molar refractivity (Wildman–Crippen MR) is 96.1 cm³/mol. The minimum absolute atomic E-state index is 0.0665. The number of rotatable bonds is 5. The molecule has 11 heteroatoms. The number of hydrogen-bond acceptors (Lipinski definition) is 7. The van der Waals surface area contributed by atoms with Gasteiger partial charge in [-0.05, 0) is 22.9 Å². The standard InChI is InChI=1S/C16H15ClN8O2/c1-23-9-18-12-6-19-24(16(27)15(12)23)8-14-20-22-25(21-14)7-13(26)10-2-4-11(17)5-3-10/h2-6,9,13,26H,7-8H2,1H3/t13-/m0/s1. The molecule has 0 spiro atoms. The zero-order chi connectivity index (χ0) is 19.0. The normalized spacial score (nSPS) is 12.6. The lowest BCUT2D eigenvalue weighted by Gasteiger charge is -2.09. The Bertz CT molecular complexity index is 1150. The summed E-state index contributed by atoms with van der Waals surface area (Å²) in [6, 6.07) is 6.87. The maximum atomic E-state index is 12.5. The van der Waals surface area contributed by atoms with E-state index in [2.05, 4.69) is 25.5 Å². The van der Waals surface area contributed by atoms with E-state index in [0.717, 1.165) is 0 Å². The van der Waals surface area contributed by atoms with Gasteiger partial charge in [0.2, 0.25) is 0 Å². The Hall–Kier alpha value is -3.11. The summed E-state index contributed by atoms with van der Waals surface area (Å²) in [5, 5.41) is 27.0. The molecule has 0 bridgehead atoms. The van der Waals surface area contributed by atoms with Gasteiger partial charge in [-0.3, -0.25) is 4.79 Å². The third-order valence-electron chi connectivity index (χ3n) is 4.10. The van der Waals surface area contributed by atoms with Crippen molar-refractivity contribution in [3.8, 4) is 0 Å². The van der Waals surface area contributed by atoms with E-state index in [0.29, 0.717) is 27.4 Å². The lowest BCUT2D eigenvalue weighted by atomic mass is 10.1. The monoisotopic (exact) mass is 386 g/mol. The Balaban J connectivity index is 1.51. The first kappa shape index (κ1) is 17.3. The van der Waals surface area contributed by atoms with Gasteiger partial charge in [0.05, 0.1) is 19.1 Å². The summed E-state index contributed by atoms with van der Waals surface area (Å²) in [6.07, 6.45) is 2.27. The summed E-state index contributed by atoms with van der Waals surface area (Å²) in [4.78, 5) is 17.9. The van der Waals surface area contributed by atoms with Crippen LogP contribution in [0, 0.1) is 0 Å². The second-order valence-corrected chi connectivity index (χ2v) is 6.46. The highest BCUT2D eigenvalue weighted by atomic mass is 35.5. The molecule has 0 fully saturated rings. The molecule has 3 heterocycles. The van der Waals surface area contributed by atoms with Gasteiger partial charge in [-0.2, -0.15) is 9.90 Å². The summed E-state index contributed by atoms with van der Waals surface area (Å²) in [5.74, 6) is 0.314. The highest BCUT2D eigenvalue weighted by Gasteiger charge is 2.14. The number of aromatic nitrogens is 8. The molecule has 138 valence electrons. The van der Waals surface area contributed by atoms with E-state index >= 15 is 0 Å². The van der Waals surface area contributed by atoms with Crippen LogP contribution in [-0.4, -0.2) is 44.6 Å². The van der Waals surface area contributed by atoms with Gasteiger partial charge in [-0.1, -0.05) is 23.7 Å². The molecule has 0 aliphatic rings. The third-order valence-corrected chi connectivity index (χ3v) is 4.35. The zero-order valence-corrected chi connectivity index (χ0v) is 15.0. The van der Waals surface area contributed by atoms with E-state index < -0.39 is 6.10 Å².